The molecule has 5 heteroatoms. The van der Waals surface area contributed by atoms with E-state index in [0.29, 0.717) is 5.82 Å². The first-order valence-electron chi connectivity index (χ1n) is 7.07. The van der Waals surface area contributed by atoms with Gasteiger partial charge in [0, 0.05) is 20.3 Å². The number of aromatic nitrogens is 1. The number of hydrogen-bond donors (Lipinski definition) is 2. The Labute approximate surface area is 130 Å². The van der Waals surface area contributed by atoms with E-state index in [2.05, 4.69) is 35.7 Å². The maximum Gasteiger partial charge on any atom is 0.147 e. The largest absolute Gasteiger partial charge is 0.385 e. The molecule has 0 aliphatic heterocycles. The molecule has 0 amide bonds. The number of nitrogens with one attached hydrogen (secondary N) is 1. The Hall–Kier alpha value is -1.59. The lowest BCUT2D eigenvalue weighted by molar-refractivity contribution is 0.157. The molecule has 114 valence electrons. The molecule has 0 bridgehead atoms. The summed E-state index contributed by atoms with van der Waals surface area (Å²) < 4.78 is 9.46. The van der Waals surface area contributed by atoms with Gasteiger partial charge in [-0.05, 0) is 28.9 Å². The van der Waals surface area contributed by atoms with Crippen molar-refractivity contribution in [2.24, 2.45) is 5.41 Å². The van der Waals surface area contributed by atoms with E-state index in [1.807, 2.05) is 18.2 Å². The van der Waals surface area contributed by atoms with Crippen LogP contribution in [0.5, 0.6) is 0 Å². The van der Waals surface area contributed by atoms with Crippen LogP contribution in [0.25, 0.3) is 11.1 Å². The molecule has 3 N–H and O–H groups in total. The monoisotopic (exact) mass is 305 g/mol. The summed E-state index contributed by atoms with van der Waals surface area (Å²) in [5.41, 5.74) is 8.29. The van der Waals surface area contributed by atoms with Gasteiger partial charge >= 0.3 is 0 Å². The van der Waals surface area contributed by atoms with E-state index in [1.54, 1.807) is 7.11 Å². The highest BCUT2D eigenvalue weighted by Gasteiger charge is 2.20. The fraction of sp³-hybridized carbons (Fsp3) is 0.438. The molecule has 0 atom stereocenters. The van der Waals surface area contributed by atoms with Gasteiger partial charge in [-0.25, -0.2) is 0 Å². The first kappa shape index (κ1) is 15.8. The van der Waals surface area contributed by atoms with E-state index in [9.17, 15) is 0 Å². The Balaban J connectivity index is 2.12. The van der Waals surface area contributed by atoms with Crippen molar-refractivity contribution in [3.8, 4) is 11.1 Å². The van der Waals surface area contributed by atoms with Crippen molar-refractivity contribution in [1.82, 2.24) is 4.37 Å². The van der Waals surface area contributed by atoms with Crippen LogP contribution in [0.1, 0.15) is 20.3 Å². The van der Waals surface area contributed by atoms with Gasteiger partial charge in [-0.3, -0.25) is 0 Å². The second-order valence-electron chi connectivity index (χ2n) is 5.90. The molecular weight excluding hydrogens is 282 g/mol. The number of ether oxygens (including phenoxy) is 1. The van der Waals surface area contributed by atoms with E-state index in [0.717, 1.165) is 35.7 Å². The minimum absolute atomic E-state index is 0.155. The molecule has 0 aliphatic rings. The van der Waals surface area contributed by atoms with Crippen molar-refractivity contribution in [3.05, 3.63) is 30.3 Å². The van der Waals surface area contributed by atoms with Crippen LogP contribution in [0.2, 0.25) is 0 Å². The average molecular weight is 305 g/mol. The van der Waals surface area contributed by atoms with Gasteiger partial charge in [0.2, 0.25) is 0 Å². The van der Waals surface area contributed by atoms with Crippen LogP contribution in [-0.2, 0) is 4.74 Å². The van der Waals surface area contributed by atoms with Gasteiger partial charge < -0.3 is 15.8 Å². The molecule has 4 nitrogen and oxygen atoms in total. The maximum absolute atomic E-state index is 6.03. The van der Waals surface area contributed by atoms with E-state index >= 15 is 0 Å². The summed E-state index contributed by atoms with van der Waals surface area (Å²) >= 11 is 1.42. The molecule has 2 aromatic rings. The summed E-state index contributed by atoms with van der Waals surface area (Å²) in [6.07, 6.45) is 1.01. The van der Waals surface area contributed by atoms with Crippen molar-refractivity contribution in [3.63, 3.8) is 0 Å². The van der Waals surface area contributed by atoms with E-state index < -0.39 is 0 Å². The number of nitrogen functional groups attached to an aromatic ring is 1. The summed E-state index contributed by atoms with van der Waals surface area (Å²) in [6, 6.07) is 10.1. The first-order chi connectivity index (χ1) is 10.0. The summed E-state index contributed by atoms with van der Waals surface area (Å²) in [5, 5.41) is 4.53. The third kappa shape index (κ3) is 4.19. The van der Waals surface area contributed by atoms with Crippen LogP contribution >= 0.6 is 11.5 Å². The van der Waals surface area contributed by atoms with Crippen molar-refractivity contribution >= 4 is 22.4 Å². The molecule has 21 heavy (non-hydrogen) atoms. The SMILES string of the molecule is COCCC(C)(C)CNc1snc(N)c1-c1ccccc1. The second kappa shape index (κ2) is 6.91. The predicted octanol–water partition coefficient (Wildman–Crippen LogP) is 3.87. The molecule has 0 unspecified atom stereocenters. The van der Waals surface area contributed by atoms with Crippen molar-refractivity contribution in [1.29, 1.82) is 0 Å². The zero-order valence-corrected chi connectivity index (χ0v) is 13.7. The smallest absolute Gasteiger partial charge is 0.147 e. The molecular formula is C16H23N3OS. The topological polar surface area (TPSA) is 60.2 Å². The van der Waals surface area contributed by atoms with Crippen molar-refractivity contribution < 1.29 is 4.74 Å². The van der Waals surface area contributed by atoms with E-state index in [-0.39, 0.29) is 5.41 Å². The summed E-state index contributed by atoms with van der Waals surface area (Å²) in [4.78, 5) is 0. The van der Waals surface area contributed by atoms with E-state index in [4.69, 9.17) is 10.5 Å². The van der Waals surface area contributed by atoms with Gasteiger partial charge in [0.1, 0.15) is 10.8 Å². The fourth-order valence-electron chi connectivity index (χ4n) is 2.09. The minimum atomic E-state index is 0.155. The molecule has 1 heterocycles. The molecule has 2 rings (SSSR count). The quantitative estimate of drug-likeness (QED) is 0.815. The number of rotatable bonds is 7. The number of benzene rings is 1. The third-order valence-electron chi connectivity index (χ3n) is 3.49. The number of anilines is 2. The Bertz CT molecular complexity index is 566. The highest BCUT2D eigenvalue weighted by atomic mass is 32.1. The molecule has 1 aromatic carbocycles. The molecule has 0 spiro atoms. The highest BCUT2D eigenvalue weighted by Crippen LogP contribution is 2.37. The number of nitrogens with two attached hydrogens (primary N) is 1. The highest BCUT2D eigenvalue weighted by molar-refractivity contribution is 7.11. The van der Waals surface area contributed by atoms with Crippen LogP contribution in [0.3, 0.4) is 0 Å². The number of hydrogen-bond acceptors (Lipinski definition) is 5. The summed E-state index contributed by atoms with van der Waals surface area (Å²) in [5.74, 6) is 0.586. The minimum Gasteiger partial charge on any atom is -0.385 e. The van der Waals surface area contributed by atoms with Crippen LogP contribution < -0.4 is 11.1 Å². The standard InChI is InChI=1S/C16H23N3OS/c1-16(2,9-10-20-3)11-18-15-13(14(17)19-21-15)12-7-5-4-6-8-12/h4-8,18H,9-11H2,1-3H3,(H2,17,19). The summed E-state index contributed by atoms with van der Waals surface area (Å²) in [6.45, 7) is 6.08. The lowest BCUT2D eigenvalue weighted by atomic mass is 9.90. The van der Waals surface area contributed by atoms with Crippen LogP contribution in [0, 0.1) is 5.41 Å². The average Bonchev–Trinajstić information content (AvgIpc) is 2.85. The molecule has 0 aliphatic carbocycles. The van der Waals surface area contributed by atoms with Gasteiger partial charge in [0.05, 0.1) is 5.56 Å². The van der Waals surface area contributed by atoms with Crippen molar-refractivity contribution in [2.45, 2.75) is 20.3 Å². The van der Waals surface area contributed by atoms with Crippen LogP contribution in [0.4, 0.5) is 10.8 Å². The van der Waals surface area contributed by atoms with Gasteiger partial charge in [-0.2, -0.15) is 4.37 Å². The van der Waals surface area contributed by atoms with Gasteiger partial charge in [-0.15, -0.1) is 0 Å². The predicted molar refractivity (Wildman–Crippen MR) is 90.7 cm³/mol. The molecule has 1 aromatic heterocycles. The van der Waals surface area contributed by atoms with Gasteiger partial charge in [0.15, 0.2) is 0 Å². The van der Waals surface area contributed by atoms with Crippen LogP contribution in [-0.4, -0.2) is 24.6 Å². The molecule has 0 radical (unpaired) electrons. The zero-order chi connectivity index (χ0) is 15.3. The first-order valence-corrected chi connectivity index (χ1v) is 7.84. The fourth-order valence-corrected chi connectivity index (χ4v) is 2.82. The second-order valence-corrected chi connectivity index (χ2v) is 6.67. The van der Waals surface area contributed by atoms with Gasteiger partial charge in [-0.1, -0.05) is 44.2 Å². The Morgan fingerprint density at radius 3 is 2.67 bits per heavy atom. The van der Waals surface area contributed by atoms with Crippen LogP contribution in [0.15, 0.2) is 30.3 Å². The summed E-state index contributed by atoms with van der Waals surface area (Å²) in [7, 11) is 1.74. The molecule has 0 saturated carbocycles. The number of nitrogens with zero attached hydrogens (tertiary/aromatic N) is 1. The molecule has 0 saturated heterocycles. The maximum atomic E-state index is 6.03. The Morgan fingerprint density at radius 2 is 2.00 bits per heavy atom. The zero-order valence-electron chi connectivity index (χ0n) is 12.8. The Morgan fingerprint density at radius 1 is 1.29 bits per heavy atom. The normalized spacial score (nSPS) is 11.6. The van der Waals surface area contributed by atoms with E-state index in [1.165, 1.54) is 11.5 Å². The lowest BCUT2D eigenvalue weighted by Crippen LogP contribution is -2.24. The third-order valence-corrected chi connectivity index (χ3v) is 4.31. The lowest BCUT2D eigenvalue weighted by Gasteiger charge is -2.25. The number of methoxy groups -OCH3 is 1. The van der Waals surface area contributed by atoms with Crippen molar-refractivity contribution in [2.75, 3.05) is 31.3 Å². The molecule has 0 fully saturated rings. The Kier molecular flexibility index (Phi) is 5.20. The van der Waals surface area contributed by atoms with Gasteiger partial charge in [0.25, 0.3) is 0 Å².